The van der Waals surface area contributed by atoms with Crippen molar-refractivity contribution >= 4 is 33.3 Å². The van der Waals surface area contributed by atoms with Gasteiger partial charge in [-0.05, 0) is 31.5 Å². The molecule has 0 atom stereocenters. The number of benzene rings is 3. The average molecular weight is 612 g/mol. The number of fused-ring (bicyclic) bond motifs is 3. The molecule has 0 bridgehead atoms. The molecule has 0 saturated carbocycles. The molecule has 2 aliphatic rings. The van der Waals surface area contributed by atoms with Gasteiger partial charge in [-0.15, -0.1) is 46.9 Å². The number of allylic oxidation sites excluding steroid dienone is 2. The van der Waals surface area contributed by atoms with Crippen LogP contribution < -0.4 is 9.64 Å². The van der Waals surface area contributed by atoms with Gasteiger partial charge in [0, 0.05) is 11.5 Å². The molecule has 0 saturated heterocycles. The zero-order valence-electron chi connectivity index (χ0n) is 17.9. The molecule has 33 heavy (non-hydrogen) atoms. The molecular formula is C27H20N4OPt. The Balaban J connectivity index is 0.00000228. The molecule has 5 nitrogen and oxygen atoms in total. The second-order valence-corrected chi connectivity index (χ2v) is 7.72. The Kier molecular flexibility index (Phi) is 5.73. The summed E-state index contributed by atoms with van der Waals surface area (Å²) in [5.74, 6) is 2.18. The number of anilines is 1. The fraction of sp³-hybridized carbons (Fsp3) is 0.0741. The molecule has 6 rings (SSSR count). The van der Waals surface area contributed by atoms with Gasteiger partial charge in [-0.2, -0.15) is 18.8 Å². The maximum absolute atomic E-state index is 6.19. The van der Waals surface area contributed by atoms with Gasteiger partial charge >= 0.3 is 21.1 Å². The zero-order chi connectivity index (χ0) is 21.5. The predicted molar refractivity (Wildman–Crippen MR) is 129 cm³/mol. The third-order valence-corrected chi connectivity index (χ3v) is 5.55. The van der Waals surface area contributed by atoms with E-state index in [0.29, 0.717) is 18.0 Å². The van der Waals surface area contributed by atoms with Crippen LogP contribution in [0.1, 0.15) is 0 Å². The van der Waals surface area contributed by atoms with Crippen molar-refractivity contribution in [1.82, 2.24) is 9.47 Å². The summed E-state index contributed by atoms with van der Waals surface area (Å²) >= 11 is 0. The first kappa shape index (κ1) is 21.4. The topological polar surface area (TPSA) is 34.7 Å². The van der Waals surface area contributed by atoms with Gasteiger partial charge in [-0.25, -0.2) is 0 Å². The van der Waals surface area contributed by atoms with Crippen LogP contribution in [-0.4, -0.2) is 23.1 Å². The van der Waals surface area contributed by atoms with Gasteiger partial charge in [0.25, 0.3) is 0 Å². The predicted octanol–water partition coefficient (Wildman–Crippen LogP) is 6.27. The summed E-state index contributed by atoms with van der Waals surface area (Å²) in [6.07, 6.45) is 10.1. The van der Waals surface area contributed by atoms with E-state index >= 15 is 0 Å². The molecule has 3 heterocycles. The number of rotatable bonds is 4. The van der Waals surface area contributed by atoms with Crippen LogP contribution in [0.25, 0.3) is 32.9 Å². The smallest absolute Gasteiger partial charge is 0.510 e. The molecule has 6 heteroatoms. The molecule has 0 unspecified atom stereocenters. The number of hydrogen-bond donors (Lipinski definition) is 0. The molecule has 4 aromatic rings. The molecule has 2 aliphatic heterocycles. The maximum atomic E-state index is 6.19. The van der Waals surface area contributed by atoms with E-state index in [2.05, 4.69) is 47.0 Å². The van der Waals surface area contributed by atoms with Crippen molar-refractivity contribution < 1.29 is 25.8 Å². The first-order valence-corrected chi connectivity index (χ1v) is 10.5. The average Bonchev–Trinajstić information content (AvgIpc) is 3.41. The SMILES string of the molecule is CN1C=CN(c2[c-]c(Oc3[c-]c4c(cc3)c3ccccc3n4C3=CC=CC[N-]3)ccc2)[CH-]1.[Pt+4]. The molecule has 164 valence electrons. The summed E-state index contributed by atoms with van der Waals surface area (Å²) in [7, 11) is 1.99. The molecule has 0 radical (unpaired) electrons. The minimum Gasteiger partial charge on any atom is -0.510 e. The molecule has 1 aromatic heterocycles. The third-order valence-electron chi connectivity index (χ3n) is 5.55. The van der Waals surface area contributed by atoms with Crippen molar-refractivity contribution in [3.63, 3.8) is 0 Å². The van der Waals surface area contributed by atoms with E-state index in [4.69, 9.17) is 10.1 Å². The number of hydrogen-bond acceptors (Lipinski definition) is 3. The first-order chi connectivity index (χ1) is 15.8. The third kappa shape index (κ3) is 3.94. The van der Waals surface area contributed by atoms with Crippen LogP contribution in [0, 0.1) is 18.8 Å². The van der Waals surface area contributed by atoms with E-state index in [-0.39, 0.29) is 21.1 Å². The van der Waals surface area contributed by atoms with Gasteiger partial charge in [-0.1, -0.05) is 53.7 Å². The van der Waals surface area contributed by atoms with Crippen LogP contribution in [0.2, 0.25) is 0 Å². The van der Waals surface area contributed by atoms with E-state index in [1.165, 1.54) is 5.39 Å². The molecular weight excluding hydrogens is 591 g/mol. The van der Waals surface area contributed by atoms with Gasteiger partial charge in [0.2, 0.25) is 0 Å². The van der Waals surface area contributed by atoms with Crippen LogP contribution in [0.4, 0.5) is 5.69 Å². The summed E-state index contributed by atoms with van der Waals surface area (Å²) in [6.45, 7) is 2.66. The molecule has 0 N–H and O–H groups in total. The van der Waals surface area contributed by atoms with Crippen LogP contribution in [-0.2, 0) is 21.1 Å². The second kappa shape index (κ2) is 8.84. The zero-order valence-corrected chi connectivity index (χ0v) is 20.2. The number of aromatic nitrogens is 1. The Morgan fingerprint density at radius 1 is 0.939 bits per heavy atom. The van der Waals surface area contributed by atoms with E-state index in [1.807, 2.05) is 78.4 Å². The van der Waals surface area contributed by atoms with Crippen molar-refractivity contribution in [2.24, 2.45) is 0 Å². The number of nitrogens with zero attached hydrogens (tertiary/aromatic N) is 4. The van der Waals surface area contributed by atoms with Crippen molar-refractivity contribution in [2.45, 2.75) is 0 Å². The van der Waals surface area contributed by atoms with Gasteiger partial charge in [0.1, 0.15) is 0 Å². The van der Waals surface area contributed by atoms with Crippen molar-refractivity contribution in [3.05, 3.63) is 109 Å². The second-order valence-electron chi connectivity index (χ2n) is 7.72. The molecule has 0 aliphatic carbocycles. The number of para-hydroxylation sites is 1. The van der Waals surface area contributed by atoms with Crippen LogP contribution in [0.3, 0.4) is 0 Å². The van der Waals surface area contributed by atoms with E-state index < -0.39 is 0 Å². The minimum absolute atomic E-state index is 0. The summed E-state index contributed by atoms with van der Waals surface area (Å²) in [4.78, 5) is 3.99. The van der Waals surface area contributed by atoms with Gasteiger partial charge < -0.3 is 24.4 Å². The van der Waals surface area contributed by atoms with Gasteiger partial charge in [-0.3, -0.25) is 0 Å². The molecule has 0 fully saturated rings. The molecule has 3 aromatic carbocycles. The monoisotopic (exact) mass is 611 g/mol. The summed E-state index contributed by atoms with van der Waals surface area (Å²) in [5, 5.41) is 6.99. The standard InChI is InChI=1S/C27H20N4O.Pt/c1-29-15-16-30(19-29)20-7-6-8-21(17-20)32-22-12-13-24-23-9-2-3-10-25(23)31(26(24)18-22)27-11-4-5-14-28-27;/h2-13,15-16,19H,14H2,1H3;/q-4;+4. The van der Waals surface area contributed by atoms with Crippen LogP contribution >= 0.6 is 0 Å². The van der Waals surface area contributed by atoms with Crippen molar-refractivity contribution in [1.29, 1.82) is 0 Å². The number of ether oxygens (including phenoxy) is 1. The van der Waals surface area contributed by atoms with Gasteiger partial charge in [0.05, 0.1) is 0 Å². The minimum atomic E-state index is 0. The van der Waals surface area contributed by atoms with Gasteiger partial charge in [0.15, 0.2) is 0 Å². The fourth-order valence-electron chi connectivity index (χ4n) is 4.09. The molecule has 0 spiro atoms. The Bertz CT molecular complexity index is 1420. The Morgan fingerprint density at radius 3 is 2.64 bits per heavy atom. The summed E-state index contributed by atoms with van der Waals surface area (Å²) in [5.41, 5.74) is 2.97. The maximum Gasteiger partial charge on any atom is 4.00 e. The van der Waals surface area contributed by atoms with Crippen molar-refractivity contribution in [3.8, 4) is 11.5 Å². The summed E-state index contributed by atoms with van der Waals surface area (Å²) < 4.78 is 8.34. The Labute approximate surface area is 207 Å². The van der Waals surface area contributed by atoms with Crippen LogP contribution in [0.15, 0.2) is 85.2 Å². The largest absolute Gasteiger partial charge is 4.00 e. The Morgan fingerprint density at radius 2 is 1.82 bits per heavy atom. The summed E-state index contributed by atoms with van der Waals surface area (Å²) in [6, 6.07) is 25.1. The molecule has 0 amide bonds. The fourth-order valence-corrected chi connectivity index (χ4v) is 4.09. The normalized spacial score (nSPS) is 15.0. The van der Waals surface area contributed by atoms with E-state index in [9.17, 15) is 0 Å². The Hall–Kier alpha value is -3.43. The van der Waals surface area contributed by atoms with Crippen molar-refractivity contribution in [2.75, 3.05) is 18.5 Å². The van der Waals surface area contributed by atoms with E-state index in [1.54, 1.807) is 0 Å². The van der Waals surface area contributed by atoms with E-state index in [0.717, 1.165) is 27.9 Å². The van der Waals surface area contributed by atoms with Crippen LogP contribution in [0.5, 0.6) is 11.5 Å². The quantitative estimate of drug-likeness (QED) is 0.256. The first-order valence-electron chi connectivity index (χ1n) is 10.5.